The van der Waals surface area contributed by atoms with Crippen LogP contribution in [-0.4, -0.2) is 51.5 Å². The molecule has 2 aromatic rings. The minimum Gasteiger partial charge on any atom is -0.494 e. The van der Waals surface area contributed by atoms with Gasteiger partial charge in [-0.3, -0.25) is 4.79 Å². The average molecular weight is 461 g/mol. The minimum absolute atomic E-state index is 0.0523. The SMILES string of the molecule is CCOc1ccc(OCCNC(=O)C2CCN(S(=O)(=O)c3ccc(C)c(C)c3)CC2)cc1. The van der Waals surface area contributed by atoms with E-state index in [1.807, 2.05) is 51.1 Å². The number of aryl methyl sites for hydroxylation is 2. The van der Waals surface area contributed by atoms with Crippen LogP contribution >= 0.6 is 0 Å². The Labute approximate surface area is 190 Å². The largest absolute Gasteiger partial charge is 0.494 e. The van der Waals surface area contributed by atoms with Gasteiger partial charge >= 0.3 is 0 Å². The molecule has 1 heterocycles. The first kappa shape index (κ1) is 24.1. The molecule has 174 valence electrons. The molecule has 1 aliphatic heterocycles. The van der Waals surface area contributed by atoms with E-state index in [9.17, 15) is 13.2 Å². The maximum absolute atomic E-state index is 12.9. The number of hydrogen-bond acceptors (Lipinski definition) is 5. The highest BCUT2D eigenvalue weighted by Crippen LogP contribution is 2.25. The number of amides is 1. The van der Waals surface area contributed by atoms with E-state index < -0.39 is 10.0 Å². The summed E-state index contributed by atoms with van der Waals surface area (Å²) in [6.45, 7) is 7.85. The predicted molar refractivity (Wildman–Crippen MR) is 124 cm³/mol. The maximum Gasteiger partial charge on any atom is 0.243 e. The fourth-order valence-electron chi connectivity index (χ4n) is 3.67. The van der Waals surface area contributed by atoms with Gasteiger partial charge in [0.2, 0.25) is 15.9 Å². The van der Waals surface area contributed by atoms with Gasteiger partial charge in [-0.1, -0.05) is 6.07 Å². The molecular weight excluding hydrogens is 428 g/mol. The summed E-state index contributed by atoms with van der Waals surface area (Å²) in [6, 6.07) is 12.6. The van der Waals surface area contributed by atoms with Gasteiger partial charge in [0, 0.05) is 19.0 Å². The molecule has 7 nitrogen and oxygen atoms in total. The number of nitrogens with one attached hydrogen (secondary N) is 1. The lowest BCUT2D eigenvalue weighted by Gasteiger charge is -2.30. The summed E-state index contributed by atoms with van der Waals surface area (Å²) >= 11 is 0. The van der Waals surface area contributed by atoms with E-state index in [-0.39, 0.29) is 11.8 Å². The van der Waals surface area contributed by atoms with Crippen LogP contribution in [-0.2, 0) is 14.8 Å². The molecule has 0 unspecified atom stereocenters. The van der Waals surface area contributed by atoms with Crippen molar-refractivity contribution in [2.75, 3.05) is 32.8 Å². The number of sulfonamides is 1. The van der Waals surface area contributed by atoms with E-state index >= 15 is 0 Å². The molecule has 8 heteroatoms. The number of ether oxygens (including phenoxy) is 2. The maximum atomic E-state index is 12.9. The first-order valence-electron chi connectivity index (χ1n) is 11.0. The molecule has 0 spiro atoms. The highest BCUT2D eigenvalue weighted by molar-refractivity contribution is 7.89. The number of nitrogens with zero attached hydrogens (tertiary/aromatic N) is 1. The van der Waals surface area contributed by atoms with Crippen molar-refractivity contribution in [2.24, 2.45) is 5.92 Å². The normalized spacial score (nSPS) is 15.3. The Bertz CT molecular complexity index is 1010. The van der Waals surface area contributed by atoms with Crippen LogP contribution in [0, 0.1) is 19.8 Å². The average Bonchev–Trinajstić information content (AvgIpc) is 2.79. The van der Waals surface area contributed by atoms with Crippen molar-refractivity contribution >= 4 is 15.9 Å². The monoisotopic (exact) mass is 460 g/mol. The van der Waals surface area contributed by atoms with E-state index in [2.05, 4.69) is 5.32 Å². The highest BCUT2D eigenvalue weighted by atomic mass is 32.2. The first-order valence-corrected chi connectivity index (χ1v) is 12.5. The highest BCUT2D eigenvalue weighted by Gasteiger charge is 2.32. The van der Waals surface area contributed by atoms with Crippen LogP contribution in [0.1, 0.15) is 30.9 Å². The van der Waals surface area contributed by atoms with E-state index in [1.54, 1.807) is 12.1 Å². The van der Waals surface area contributed by atoms with Crippen molar-refractivity contribution in [2.45, 2.75) is 38.5 Å². The molecule has 2 aromatic carbocycles. The summed E-state index contributed by atoms with van der Waals surface area (Å²) < 4.78 is 38.4. The van der Waals surface area contributed by atoms with Gasteiger partial charge < -0.3 is 14.8 Å². The van der Waals surface area contributed by atoms with Crippen LogP contribution in [0.25, 0.3) is 0 Å². The number of piperidine rings is 1. The topological polar surface area (TPSA) is 84.9 Å². The summed E-state index contributed by atoms with van der Waals surface area (Å²) in [6.07, 6.45) is 1.02. The number of hydrogen-bond donors (Lipinski definition) is 1. The van der Waals surface area contributed by atoms with E-state index in [1.165, 1.54) is 4.31 Å². The Balaban J connectivity index is 1.42. The lowest BCUT2D eigenvalue weighted by molar-refractivity contribution is -0.126. The van der Waals surface area contributed by atoms with E-state index in [0.717, 1.165) is 16.9 Å². The Morgan fingerprint density at radius 1 is 1.00 bits per heavy atom. The third kappa shape index (κ3) is 6.01. The molecule has 3 rings (SSSR count). The van der Waals surface area contributed by atoms with Gasteiger partial charge in [-0.25, -0.2) is 8.42 Å². The Morgan fingerprint density at radius 3 is 2.22 bits per heavy atom. The number of rotatable bonds is 9. The van der Waals surface area contributed by atoms with Gasteiger partial charge in [-0.15, -0.1) is 0 Å². The van der Waals surface area contributed by atoms with Crippen LogP contribution < -0.4 is 14.8 Å². The Kier molecular flexibility index (Phi) is 8.15. The molecule has 1 aliphatic rings. The second kappa shape index (κ2) is 10.8. The van der Waals surface area contributed by atoms with Crippen molar-refractivity contribution in [1.29, 1.82) is 0 Å². The summed E-state index contributed by atoms with van der Waals surface area (Å²) in [5.41, 5.74) is 2.01. The van der Waals surface area contributed by atoms with Crippen LogP contribution in [0.4, 0.5) is 0 Å². The minimum atomic E-state index is -3.54. The van der Waals surface area contributed by atoms with Crippen molar-refractivity contribution < 1.29 is 22.7 Å². The van der Waals surface area contributed by atoms with Crippen molar-refractivity contribution in [1.82, 2.24) is 9.62 Å². The van der Waals surface area contributed by atoms with Gasteiger partial charge in [0.1, 0.15) is 18.1 Å². The lowest BCUT2D eigenvalue weighted by atomic mass is 9.97. The second-order valence-corrected chi connectivity index (χ2v) is 9.91. The summed E-state index contributed by atoms with van der Waals surface area (Å²) in [5, 5.41) is 2.90. The predicted octanol–water partition coefficient (Wildman–Crippen LogP) is 3.30. The van der Waals surface area contributed by atoms with E-state index in [4.69, 9.17) is 9.47 Å². The molecule has 0 radical (unpaired) electrons. The van der Waals surface area contributed by atoms with Crippen LogP contribution in [0.3, 0.4) is 0 Å². The van der Waals surface area contributed by atoms with Gasteiger partial charge in [0.15, 0.2) is 0 Å². The van der Waals surface area contributed by atoms with Gasteiger partial charge in [-0.2, -0.15) is 4.31 Å². The zero-order chi connectivity index (χ0) is 23.1. The first-order chi connectivity index (χ1) is 15.3. The zero-order valence-electron chi connectivity index (χ0n) is 19.0. The van der Waals surface area contributed by atoms with E-state index in [0.29, 0.717) is 56.3 Å². The second-order valence-electron chi connectivity index (χ2n) is 7.97. The standard InChI is InChI=1S/C24H32N2O5S/c1-4-30-21-6-8-22(9-7-21)31-16-13-25-24(27)20-11-14-26(15-12-20)32(28,29)23-10-5-18(2)19(3)17-23/h5-10,17,20H,4,11-16H2,1-3H3,(H,25,27). The third-order valence-corrected chi connectivity index (χ3v) is 7.64. The van der Waals surface area contributed by atoms with Crippen molar-refractivity contribution in [3.8, 4) is 11.5 Å². The quantitative estimate of drug-likeness (QED) is 0.581. The Morgan fingerprint density at radius 2 is 1.62 bits per heavy atom. The number of carbonyl (C=O) groups is 1. The third-order valence-electron chi connectivity index (χ3n) is 5.75. The molecule has 1 saturated heterocycles. The molecule has 1 fully saturated rings. The van der Waals surface area contributed by atoms with Crippen molar-refractivity contribution in [3.63, 3.8) is 0 Å². The summed E-state index contributed by atoms with van der Waals surface area (Å²) in [4.78, 5) is 12.8. The van der Waals surface area contributed by atoms with Crippen molar-refractivity contribution in [3.05, 3.63) is 53.6 Å². The molecule has 0 saturated carbocycles. The number of carbonyl (C=O) groups excluding carboxylic acids is 1. The molecule has 0 aliphatic carbocycles. The fraction of sp³-hybridized carbons (Fsp3) is 0.458. The van der Waals surface area contributed by atoms with Gasteiger partial charge in [-0.05, 0) is 81.1 Å². The molecule has 0 bridgehead atoms. The molecular formula is C24H32N2O5S. The lowest BCUT2D eigenvalue weighted by Crippen LogP contribution is -2.43. The molecule has 0 aromatic heterocycles. The van der Waals surface area contributed by atoms with Gasteiger partial charge in [0.05, 0.1) is 18.0 Å². The Hall–Kier alpha value is -2.58. The fourth-order valence-corrected chi connectivity index (χ4v) is 5.22. The molecule has 0 atom stereocenters. The zero-order valence-corrected chi connectivity index (χ0v) is 19.8. The molecule has 1 N–H and O–H groups in total. The molecule has 32 heavy (non-hydrogen) atoms. The molecule has 1 amide bonds. The van der Waals surface area contributed by atoms with Gasteiger partial charge in [0.25, 0.3) is 0 Å². The van der Waals surface area contributed by atoms with Crippen LogP contribution in [0.5, 0.6) is 11.5 Å². The smallest absolute Gasteiger partial charge is 0.243 e. The van der Waals surface area contributed by atoms with Crippen LogP contribution in [0.2, 0.25) is 0 Å². The van der Waals surface area contributed by atoms with Crippen LogP contribution in [0.15, 0.2) is 47.4 Å². The summed E-state index contributed by atoms with van der Waals surface area (Å²) in [7, 11) is -3.54. The summed E-state index contributed by atoms with van der Waals surface area (Å²) in [5.74, 6) is 1.27. The number of benzene rings is 2.